The maximum absolute atomic E-state index is 14.0. The van der Waals surface area contributed by atoms with E-state index < -0.39 is 0 Å². The van der Waals surface area contributed by atoms with Crippen molar-refractivity contribution >= 4 is 0 Å². The number of hydrogen-bond donors (Lipinski definition) is 1. The Morgan fingerprint density at radius 1 is 1.29 bits per heavy atom. The fraction of sp³-hybridized carbons (Fsp3) is 0.421. The van der Waals surface area contributed by atoms with Crippen LogP contribution in [0, 0.1) is 11.7 Å². The number of nitrogens with one attached hydrogen (secondary N) is 1. The van der Waals surface area contributed by atoms with Crippen LogP contribution in [0.25, 0.3) is 0 Å². The van der Waals surface area contributed by atoms with Gasteiger partial charge in [-0.1, -0.05) is 12.1 Å². The fourth-order valence-electron chi connectivity index (χ4n) is 3.24. The van der Waals surface area contributed by atoms with Gasteiger partial charge in [-0.25, -0.2) is 4.39 Å². The summed E-state index contributed by atoms with van der Waals surface area (Å²) in [5.74, 6) is 0.626. The molecule has 3 rings (SSSR count). The van der Waals surface area contributed by atoms with E-state index in [1.165, 1.54) is 19.1 Å². The highest BCUT2D eigenvalue weighted by Gasteiger charge is 2.19. The number of nitrogens with zero attached hydrogens (tertiary/aromatic N) is 2. The fourth-order valence-corrected chi connectivity index (χ4v) is 3.24. The molecule has 1 aromatic carbocycles. The van der Waals surface area contributed by atoms with Crippen LogP contribution in [0.15, 0.2) is 42.7 Å². The third kappa shape index (κ3) is 4.52. The van der Waals surface area contributed by atoms with Gasteiger partial charge in [-0.15, -0.1) is 0 Å². The summed E-state index contributed by atoms with van der Waals surface area (Å²) in [6.45, 7) is 4.67. The average Bonchev–Trinajstić information content (AvgIpc) is 3.09. The zero-order valence-corrected chi connectivity index (χ0v) is 14.0. The SMILES string of the molecule is COc1ccc(CN(Cc2cccnc2)C[C@@H]2CCNC2)cc1F. The summed E-state index contributed by atoms with van der Waals surface area (Å²) in [4.78, 5) is 6.57. The number of halogens is 1. The number of rotatable bonds is 7. The molecule has 24 heavy (non-hydrogen) atoms. The van der Waals surface area contributed by atoms with E-state index >= 15 is 0 Å². The van der Waals surface area contributed by atoms with E-state index in [1.54, 1.807) is 18.3 Å². The van der Waals surface area contributed by atoms with Gasteiger partial charge in [0.1, 0.15) is 0 Å². The minimum atomic E-state index is -0.307. The minimum Gasteiger partial charge on any atom is -0.494 e. The smallest absolute Gasteiger partial charge is 0.165 e. The first kappa shape index (κ1) is 16.9. The number of hydrogen-bond acceptors (Lipinski definition) is 4. The average molecular weight is 329 g/mol. The Bertz CT molecular complexity index is 644. The molecule has 5 heteroatoms. The first-order valence-corrected chi connectivity index (χ1v) is 8.39. The van der Waals surface area contributed by atoms with Crippen molar-refractivity contribution in [2.24, 2.45) is 5.92 Å². The molecule has 1 atom stereocenters. The van der Waals surface area contributed by atoms with Gasteiger partial charge in [0.05, 0.1) is 7.11 Å². The largest absolute Gasteiger partial charge is 0.494 e. The van der Waals surface area contributed by atoms with Crippen molar-refractivity contribution in [3.05, 3.63) is 59.7 Å². The highest BCUT2D eigenvalue weighted by molar-refractivity contribution is 5.29. The van der Waals surface area contributed by atoms with Gasteiger partial charge in [0.2, 0.25) is 0 Å². The van der Waals surface area contributed by atoms with Crippen LogP contribution < -0.4 is 10.1 Å². The van der Waals surface area contributed by atoms with Gasteiger partial charge in [0.25, 0.3) is 0 Å². The van der Waals surface area contributed by atoms with Gasteiger partial charge >= 0.3 is 0 Å². The predicted octanol–water partition coefficient (Wildman–Crippen LogP) is 2.84. The molecular formula is C19H24FN3O. The number of methoxy groups -OCH3 is 1. The van der Waals surface area contributed by atoms with Gasteiger partial charge in [0.15, 0.2) is 11.6 Å². The molecule has 0 bridgehead atoms. The van der Waals surface area contributed by atoms with Crippen LogP contribution in [0.3, 0.4) is 0 Å². The molecule has 1 fully saturated rings. The molecule has 1 aliphatic rings. The maximum atomic E-state index is 14.0. The molecular weight excluding hydrogens is 305 g/mol. The van der Waals surface area contributed by atoms with Gasteiger partial charge < -0.3 is 10.1 Å². The lowest BCUT2D eigenvalue weighted by atomic mass is 10.1. The van der Waals surface area contributed by atoms with E-state index in [4.69, 9.17) is 4.74 Å². The quantitative estimate of drug-likeness (QED) is 0.848. The summed E-state index contributed by atoms with van der Waals surface area (Å²) in [5, 5.41) is 3.41. The van der Waals surface area contributed by atoms with Crippen LogP contribution in [-0.4, -0.2) is 36.6 Å². The van der Waals surface area contributed by atoms with E-state index in [9.17, 15) is 4.39 Å². The molecule has 1 aromatic heterocycles. The second-order valence-electron chi connectivity index (χ2n) is 6.36. The summed E-state index contributed by atoms with van der Waals surface area (Å²) in [6.07, 6.45) is 4.88. The molecule has 2 aromatic rings. The van der Waals surface area contributed by atoms with Crippen LogP contribution in [0.4, 0.5) is 4.39 Å². The molecule has 0 spiro atoms. The Morgan fingerprint density at radius 3 is 2.83 bits per heavy atom. The van der Waals surface area contributed by atoms with E-state index in [0.717, 1.165) is 31.7 Å². The molecule has 128 valence electrons. The Balaban J connectivity index is 1.71. The Morgan fingerprint density at radius 2 is 2.17 bits per heavy atom. The van der Waals surface area contributed by atoms with Gasteiger partial charge in [0, 0.05) is 32.0 Å². The van der Waals surface area contributed by atoms with Crippen molar-refractivity contribution in [2.75, 3.05) is 26.7 Å². The lowest BCUT2D eigenvalue weighted by Crippen LogP contribution is -2.30. The molecule has 0 aliphatic carbocycles. The molecule has 0 saturated carbocycles. The second kappa shape index (κ2) is 8.22. The molecule has 0 radical (unpaired) electrons. The maximum Gasteiger partial charge on any atom is 0.165 e. The van der Waals surface area contributed by atoms with Crippen LogP contribution in [-0.2, 0) is 13.1 Å². The zero-order valence-electron chi connectivity index (χ0n) is 14.0. The van der Waals surface area contributed by atoms with Crippen molar-refractivity contribution in [3.8, 4) is 5.75 Å². The molecule has 2 heterocycles. The lowest BCUT2D eigenvalue weighted by Gasteiger charge is -2.25. The van der Waals surface area contributed by atoms with Crippen LogP contribution in [0.1, 0.15) is 17.5 Å². The highest BCUT2D eigenvalue weighted by atomic mass is 19.1. The number of aromatic nitrogens is 1. The van der Waals surface area contributed by atoms with Gasteiger partial charge in [-0.2, -0.15) is 0 Å². The molecule has 0 amide bonds. The van der Waals surface area contributed by atoms with Crippen molar-refractivity contribution in [3.63, 3.8) is 0 Å². The summed E-state index contributed by atoms with van der Waals surface area (Å²) >= 11 is 0. The molecule has 1 aliphatic heterocycles. The predicted molar refractivity (Wildman–Crippen MR) is 92.3 cm³/mol. The third-order valence-corrected chi connectivity index (χ3v) is 4.43. The second-order valence-corrected chi connectivity index (χ2v) is 6.36. The lowest BCUT2D eigenvalue weighted by molar-refractivity contribution is 0.220. The van der Waals surface area contributed by atoms with Gasteiger partial charge in [-0.05, 0) is 54.8 Å². The molecule has 0 unspecified atom stereocenters. The highest BCUT2D eigenvalue weighted by Crippen LogP contribution is 2.20. The summed E-state index contributed by atoms with van der Waals surface area (Å²) in [5.41, 5.74) is 2.14. The minimum absolute atomic E-state index is 0.289. The Hall–Kier alpha value is -1.98. The Kier molecular flexibility index (Phi) is 5.77. The van der Waals surface area contributed by atoms with Crippen LogP contribution >= 0.6 is 0 Å². The van der Waals surface area contributed by atoms with E-state index in [1.807, 2.05) is 18.3 Å². The van der Waals surface area contributed by atoms with Crippen molar-refractivity contribution in [2.45, 2.75) is 19.5 Å². The van der Waals surface area contributed by atoms with Crippen molar-refractivity contribution in [1.29, 1.82) is 0 Å². The normalized spacial score (nSPS) is 17.4. The van der Waals surface area contributed by atoms with E-state index in [-0.39, 0.29) is 11.6 Å². The topological polar surface area (TPSA) is 37.4 Å². The number of benzene rings is 1. The zero-order chi connectivity index (χ0) is 16.8. The van der Waals surface area contributed by atoms with E-state index in [0.29, 0.717) is 12.5 Å². The summed E-state index contributed by atoms with van der Waals surface area (Å²) in [6, 6.07) is 9.25. The van der Waals surface area contributed by atoms with Crippen LogP contribution in [0.2, 0.25) is 0 Å². The van der Waals surface area contributed by atoms with E-state index in [2.05, 4.69) is 21.3 Å². The standard InChI is InChI=1S/C19H24FN3O/c1-24-19-5-4-15(9-18(19)20)12-23(14-17-6-8-22-11-17)13-16-3-2-7-21-10-16/h2-5,7,9-10,17,22H,6,8,11-14H2,1H3/t17-/m1/s1. The number of ether oxygens (including phenoxy) is 1. The Labute approximate surface area is 142 Å². The molecule has 1 N–H and O–H groups in total. The van der Waals surface area contributed by atoms with Crippen LogP contribution in [0.5, 0.6) is 5.75 Å². The molecule has 1 saturated heterocycles. The third-order valence-electron chi connectivity index (χ3n) is 4.43. The monoisotopic (exact) mass is 329 g/mol. The summed E-state index contributed by atoms with van der Waals surface area (Å²) in [7, 11) is 1.49. The number of pyridine rings is 1. The molecule has 4 nitrogen and oxygen atoms in total. The van der Waals surface area contributed by atoms with Crippen molar-refractivity contribution in [1.82, 2.24) is 15.2 Å². The van der Waals surface area contributed by atoms with Gasteiger partial charge in [-0.3, -0.25) is 9.88 Å². The first-order valence-electron chi connectivity index (χ1n) is 8.39. The summed E-state index contributed by atoms with van der Waals surface area (Å²) < 4.78 is 19.0. The van der Waals surface area contributed by atoms with Crippen molar-refractivity contribution < 1.29 is 9.13 Å². The first-order chi connectivity index (χ1) is 11.7.